The fourth-order valence-electron chi connectivity index (χ4n) is 7.57. The Kier molecular flexibility index (Phi) is 17.0. The van der Waals surface area contributed by atoms with Gasteiger partial charge < -0.3 is 44.1 Å². The minimum absolute atomic E-state index is 0.182. The standard InChI is InChI=1S/C41H58O15/c1-6-8-10-12-17-21-30(43)53-33-34(54-31(44)22-18-13-11-9-7-2)41(38(49)50)40(51,37(47)48)35(36(45)46)55-39(33,56-41)24-23-26(3)32(52-28(5)42)27(4)25-29-19-15-14-16-20-29/h14-16,19-20,27,32-35,51H,3,6-13,17-18,21-25H2,1-2,4-5H3,(H,45,46)(H,47,48)(H,49,50)/t27-,32-,33-,34-,35-,39+,40-,41+/m1/s1. The number of carboxylic acid groups (broad SMARTS) is 3. The first kappa shape index (κ1) is 46.0. The summed E-state index contributed by atoms with van der Waals surface area (Å²) in [6.07, 6.45) is -1.76. The van der Waals surface area contributed by atoms with Crippen molar-refractivity contribution in [2.75, 3.05) is 0 Å². The summed E-state index contributed by atoms with van der Waals surface area (Å²) in [6.45, 7) is 11.2. The number of carbonyl (C=O) groups is 6. The summed E-state index contributed by atoms with van der Waals surface area (Å²) in [5.41, 5.74) is -6.28. The highest BCUT2D eigenvalue weighted by atomic mass is 16.8. The number of aliphatic carboxylic acids is 3. The van der Waals surface area contributed by atoms with Crippen molar-refractivity contribution < 1.29 is 72.9 Å². The van der Waals surface area contributed by atoms with Crippen LogP contribution in [0.15, 0.2) is 42.5 Å². The first-order chi connectivity index (χ1) is 26.5. The van der Waals surface area contributed by atoms with E-state index in [9.17, 15) is 49.2 Å². The maximum atomic E-state index is 13.5. The normalized spacial score (nSPS) is 26.4. The van der Waals surface area contributed by atoms with Crippen LogP contribution in [-0.2, 0) is 58.9 Å². The molecule has 0 spiro atoms. The van der Waals surface area contributed by atoms with Crippen LogP contribution in [0.25, 0.3) is 0 Å². The van der Waals surface area contributed by atoms with Crippen molar-refractivity contribution in [2.45, 2.75) is 165 Å². The Bertz CT molecular complexity index is 1540. The molecular formula is C41H58O15. The van der Waals surface area contributed by atoms with Gasteiger partial charge in [0.1, 0.15) is 6.10 Å². The van der Waals surface area contributed by atoms with Crippen molar-refractivity contribution in [3.63, 3.8) is 0 Å². The molecule has 2 saturated heterocycles. The third-order valence-electron chi connectivity index (χ3n) is 10.5. The third kappa shape index (κ3) is 10.5. The molecule has 1 aromatic carbocycles. The van der Waals surface area contributed by atoms with E-state index in [4.69, 9.17) is 23.7 Å². The number of hydrogen-bond acceptors (Lipinski definition) is 12. The predicted molar refractivity (Wildman–Crippen MR) is 199 cm³/mol. The Labute approximate surface area is 327 Å². The largest absolute Gasteiger partial charge is 0.479 e. The zero-order valence-corrected chi connectivity index (χ0v) is 32.9. The van der Waals surface area contributed by atoms with Crippen molar-refractivity contribution in [3.8, 4) is 0 Å². The lowest BCUT2D eigenvalue weighted by molar-refractivity contribution is -0.374. The van der Waals surface area contributed by atoms with Crippen LogP contribution in [0.3, 0.4) is 0 Å². The van der Waals surface area contributed by atoms with Gasteiger partial charge in [-0.25, -0.2) is 14.4 Å². The summed E-state index contributed by atoms with van der Waals surface area (Å²) in [7, 11) is 0. The second-order valence-electron chi connectivity index (χ2n) is 14.9. The molecule has 15 nitrogen and oxygen atoms in total. The summed E-state index contributed by atoms with van der Waals surface area (Å²) in [5, 5.41) is 43.3. The molecule has 4 N–H and O–H groups in total. The molecule has 2 heterocycles. The van der Waals surface area contributed by atoms with Crippen LogP contribution < -0.4 is 0 Å². The monoisotopic (exact) mass is 790 g/mol. The SMILES string of the molecule is C=C(CC[C@]12O[C@H](C(=O)O)[C@@](O)(C(=O)O)[C@](C(=O)O)(O1)[C@H](OC(=O)CCCCCCC)[C@H]2OC(=O)CCCCCCC)[C@@H](OC(C)=O)[C@H](C)Cc1ccccc1. The van der Waals surface area contributed by atoms with Gasteiger partial charge in [-0.3, -0.25) is 14.4 Å². The van der Waals surface area contributed by atoms with Crippen molar-refractivity contribution in [3.05, 3.63) is 48.0 Å². The number of unbranched alkanes of at least 4 members (excludes halogenated alkanes) is 8. The van der Waals surface area contributed by atoms with Crippen LogP contribution in [0.2, 0.25) is 0 Å². The molecule has 2 bridgehead atoms. The molecule has 0 amide bonds. The highest BCUT2D eigenvalue weighted by Crippen LogP contribution is 2.57. The van der Waals surface area contributed by atoms with Crippen LogP contribution in [0, 0.1) is 5.92 Å². The average molecular weight is 791 g/mol. The van der Waals surface area contributed by atoms with Gasteiger partial charge in [0, 0.05) is 32.1 Å². The molecule has 56 heavy (non-hydrogen) atoms. The summed E-state index contributed by atoms with van der Waals surface area (Å²) >= 11 is 0. The fraction of sp³-hybridized carbons (Fsp3) is 0.659. The molecule has 3 rings (SSSR count). The molecule has 8 atom stereocenters. The number of carboxylic acids is 3. The van der Waals surface area contributed by atoms with Gasteiger partial charge in [-0.05, 0) is 36.8 Å². The number of fused-ring (bicyclic) bond motifs is 2. The minimum Gasteiger partial charge on any atom is -0.479 e. The van der Waals surface area contributed by atoms with E-state index in [-0.39, 0.29) is 30.8 Å². The molecule has 0 unspecified atom stereocenters. The lowest BCUT2D eigenvalue weighted by atomic mass is 9.74. The van der Waals surface area contributed by atoms with Crippen LogP contribution in [0.5, 0.6) is 0 Å². The second-order valence-corrected chi connectivity index (χ2v) is 14.9. The lowest BCUT2D eigenvalue weighted by Gasteiger charge is -2.48. The zero-order valence-electron chi connectivity index (χ0n) is 32.9. The molecule has 2 aliphatic rings. The van der Waals surface area contributed by atoms with E-state index in [1.165, 1.54) is 6.92 Å². The number of carbonyl (C=O) groups excluding carboxylic acids is 3. The van der Waals surface area contributed by atoms with Gasteiger partial charge in [-0.2, -0.15) is 0 Å². The first-order valence-electron chi connectivity index (χ1n) is 19.6. The van der Waals surface area contributed by atoms with Gasteiger partial charge in [0.15, 0.2) is 12.2 Å². The Balaban J connectivity index is 2.13. The van der Waals surface area contributed by atoms with Crippen molar-refractivity contribution in [1.29, 1.82) is 0 Å². The molecule has 312 valence electrons. The van der Waals surface area contributed by atoms with E-state index in [0.717, 1.165) is 44.1 Å². The highest BCUT2D eigenvalue weighted by molar-refractivity contribution is 5.98. The molecule has 2 aliphatic heterocycles. The average Bonchev–Trinajstić information content (AvgIpc) is 3.37. The minimum atomic E-state index is -3.91. The molecule has 0 radical (unpaired) electrons. The Morgan fingerprint density at radius 1 is 0.786 bits per heavy atom. The van der Waals surface area contributed by atoms with E-state index in [2.05, 4.69) is 6.58 Å². The van der Waals surface area contributed by atoms with Crippen molar-refractivity contribution >= 4 is 35.8 Å². The summed E-state index contributed by atoms with van der Waals surface area (Å²) in [6, 6.07) is 9.33. The Morgan fingerprint density at radius 2 is 1.32 bits per heavy atom. The maximum Gasteiger partial charge on any atom is 0.344 e. The van der Waals surface area contributed by atoms with Crippen LogP contribution in [-0.4, -0.2) is 97.6 Å². The number of ether oxygens (including phenoxy) is 5. The van der Waals surface area contributed by atoms with Crippen molar-refractivity contribution in [1.82, 2.24) is 0 Å². The molecule has 0 aromatic heterocycles. The lowest BCUT2D eigenvalue weighted by Crippen LogP contribution is -2.78. The van der Waals surface area contributed by atoms with E-state index >= 15 is 0 Å². The Hall–Kier alpha value is -4.34. The van der Waals surface area contributed by atoms with E-state index in [0.29, 0.717) is 32.1 Å². The van der Waals surface area contributed by atoms with Crippen molar-refractivity contribution in [2.24, 2.45) is 5.92 Å². The molecule has 15 heteroatoms. The summed E-state index contributed by atoms with van der Waals surface area (Å²) in [5.74, 6) is -12.2. The van der Waals surface area contributed by atoms with Gasteiger partial charge in [0.2, 0.25) is 17.5 Å². The fourth-order valence-corrected chi connectivity index (χ4v) is 7.57. The molecule has 0 saturated carbocycles. The van der Waals surface area contributed by atoms with Gasteiger partial charge in [0.05, 0.1) is 0 Å². The number of hydrogen-bond donors (Lipinski definition) is 4. The van der Waals surface area contributed by atoms with Crippen LogP contribution in [0.4, 0.5) is 0 Å². The van der Waals surface area contributed by atoms with Gasteiger partial charge in [-0.15, -0.1) is 0 Å². The maximum absolute atomic E-state index is 13.5. The topological polar surface area (TPSA) is 229 Å². The first-order valence-corrected chi connectivity index (χ1v) is 19.6. The molecule has 1 aromatic rings. The summed E-state index contributed by atoms with van der Waals surface area (Å²) in [4.78, 5) is 78.2. The van der Waals surface area contributed by atoms with E-state index < -0.39 is 83.6 Å². The summed E-state index contributed by atoms with van der Waals surface area (Å²) < 4.78 is 29.0. The molecule has 2 fully saturated rings. The van der Waals surface area contributed by atoms with Gasteiger partial charge in [-0.1, -0.05) is 109 Å². The number of benzene rings is 1. The number of rotatable bonds is 25. The van der Waals surface area contributed by atoms with E-state index in [1.54, 1.807) is 0 Å². The molecule has 0 aliphatic carbocycles. The second kappa shape index (κ2) is 20.7. The van der Waals surface area contributed by atoms with E-state index in [1.807, 2.05) is 51.1 Å². The smallest absolute Gasteiger partial charge is 0.344 e. The number of esters is 3. The predicted octanol–water partition coefficient (Wildman–Crippen LogP) is 5.53. The quantitative estimate of drug-likeness (QED) is 0.0413. The van der Waals surface area contributed by atoms with Crippen LogP contribution >= 0.6 is 0 Å². The van der Waals surface area contributed by atoms with Crippen LogP contribution in [0.1, 0.15) is 123 Å². The van der Waals surface area contributed by atoms with Gasteiger partial charge in [0.25, 0.3) is 5.60 Å². The highest BCUT2D eigenvalue weighted by Gasteiger charge is 2.86. The Morgan fingerprint density at radius 3 is 1.80 bits per heavy atom. The van der Waals surface area contributed by atoms with Gasteiger partial charge >= 0.3 is 35.8 Å². The third-order valence-corrected chi connectivity index (χ3v) is 10.5. The number of aliphatic hydroxyl groups is 1. The molecular weight excluding hydrogens is 732 g/mol. The zero-order chi connectivity index (χ0) is 41.7.